The fraction of sp³-hybridized carbons (Fsp3) is 0.450. The third-order valence-corrected chi connectivity index (χ3v) is 5.15. The van der Waals surface area contributed by atoms with E-state index in [4.69, 9.17) is 4.74 Å². The van der Waals surface area contributed by atoms with E-state index in [0.29, 0.717) is 19.7 Å². The van der Waals surface area contributed by atoms with Crippen molar-refractivity contribution in [2.75, 3.05) is 50.8 Å². The van der Waals surface area contributed by atoms with Gasteiger partial charge in [0.25, 0.3) is 0 Å². The summed E-state index contributed by atoms with van der Waals surface area (Å²) in [6.45, 7) is 4.96. The molecule has 7 heteroatoms. The van der Waals surface area contributed by atoms with Gasteiger partial charge in [0.15, 0.2) is 0 Å². The van der Waals surface area contributed by atoms with E-state index in [1.54, 1.807) is 12.4 Å². The van der Waals surface area contributed by atoms with Gasteiger partial charge in [-0.25, -0.2) is 9.97 Å². The zero-order chi connectivity index (χ0) is 18.5. The van der Waals surface area contributed by atoms with Crippen LogP contribution < -0.4 is 10.2 Å². The molecule has 1 aromatic carbocycles. The molecular weight excluding hydrogens is 342 g/mol. The lowest BCUT2D eigenvalue weighted by Gasteiger charge is -2.34. The lowest BCUT2D eigenvalue weighted by atomic mass is 9.97. The summed E-state index contributed by atoms with van der Waals surface area (Å²) in [6, 6.07) is 10.1. The minimum absolute atomic E-state index is 0.0473. The number of hydrogen-bond donors (Lipinski definition) is 1. The fourth-order valence-corrected chi connectivity index (χ4v) is 3.67. The molecule has 1 unspecified atom stereocenters. The monoisotopic (exact) mass is 367 g/mol. The first kappa shape index (κ1) is 17.9. The van der Waals surface area contributed by atoms with Crippen molar-refractivity contribution in [1.29, 1.82) is 0 Å². The van der Waals surface area contributed by atoms with Gasteiger partial charge in [0.05, 0.1) is 13.2 Å². The summed E-state index contributed by atoms with van der Waals surface area (Å²) in [7, 11) is 0. The second-order valence-corrected chi connectivity index (χ2v) is 6.92. The summed E-state index contributed by atoms with van der Waals surface area (Å²) in [5, 5.41) is 3.04. The predicted octanol–water partition coefficient (Wildman–Crippen LogP) is 1.03. The number of nitrogens with zero attached hydrogens (tertiary/aromatic N) is 4. The number of amides is 1. The Balaban J connectivity index is 1.23. The van der Waals surface area contributed by atoms with Gasteiger partial charge in [-0.15, -0.1) is 0 Å². The van der Waals surface area contributed by atoms with Gasteiger partial charge >= 0.3 is 0 Å². The predicted molar refractivity (Wildman–Crippen MR) is 103 cm³/mol. The third-order valence-electron chi connectivity index (χ3n) is 5.15. The Morgan fingerprint density at radius 1 is 1.11 bits per heavy atom. The van der Waals surface area contributed by atoms with Crippen LogP contribution in [-0.4, -0.2) is 66.7 Å². The molecule has 142 valence electrons. The first-order valence-electron chi connectivity index (χ1n) is 9.50. The molecular formula is C20H25N5O2. The van der Waals surface area contributed by atoms with E-state index in [2.05, 4.69) is 43.3 Å². The van der Waals surface area contributed by atoms with Crippen molar-refractivity contribution >= 4 is 11.9 Å². The van der Waals surface area contributed by atoms with Gasteiger partial charge in [-0.3, -0.25) is 9.69 Å². The molecule has 3 heterocycles. The number of fused-ring (bicyclic) bond motifs is 1. The number of carbonyl (C=O) groups is 1. The molecule has 4 rings (SSSR count). The van der Waals surface area contributed by atoms with E-state index in [-0.39, 0.29) is 12.0 Å². The smallest absolute Gasteiger partial charge is 0.234 e. The van der Waals surface area contributed by atoms with Crippen molar-refractivity contribution in [2.24, 2.45) is 0 Å². The number of nitrogens with one attached hydrogen (secondary N) is 1. The molecule has 2 aromatic rings. The molecule has 7 nitrogen and oxygen atoms in total. The molecule has 1 fully saturated rings. The summed E-state index contributed by atoms with van der Waals surface area (Å²) in [6.07, 6.45) is 4.41. The molecule has 0 radical (unpaired) electrons. The molecule has 27 heavy (non-hydrogen) atoms. The zero-order valence-corrected chi connectivity index (χ0v) is 15.4. The number of hydrogen-bond acceptors (Lipinski definition) is 6. The van der Waals surface area contributed by atoms with Crippen LogP contribution in [0.4, 0.5) is 5.95 Å². The van der Waals surface area contributed by atoms with Gasteiger partial charge < -0.3 is 15.0 Å². The lowest BCUT2D eigenvalue weighted by molar-refractivity contribution is -0.123. The third kappa shape index (κ3) is 4.43. The number of ether oxygens (including phenoxy) is 1. The number of anilines is 1. The average molecular weight is 367 g/mol. The molecule has 0 spiro atoms. The van der Waals surface area contributed by atoms with Gasteiger partial charge in [-0.2, -0.15) is 0 Å². The molecule has 1 N–H and O–H groups in total. The first-order chi connectivity index (χ1) is 13.3. The Morgan fingerprint density at radius 2 is 1.89 bits per heavy atom. The highest BCUT2D eigenvalue weighted by Gasteiger charge is 2.23. The normalized spacial score (nSPS) is 20.1. The fourth-order valence-electron chi connectivity index (χ4n) is 3.67. The van der Waals surface area contributed by atoms with E-state index < -0.39 is 0 Å². The SMILES string of the molecule is O=C(CN1CCN(c2ncccn2)CC1)NCC1OCCc2ccccc21. The maximum absolute atomic E-state index is 12.4. The van der Waals surface area contributed by atoms with E-state index in [9.17, 15) is 4.79 Å². The minimum atomic E-state index is -0.0500. The van der Waals surface area contributed by atoms with Crippen LogP contribution in [0.2, 0.25) is 0 Å². The van der Waals surface area contributed by atoms with E-state index in [1.165, 1.54) is 11.1 Å². The number of rotatable bonds is 5. The highest BCUT2D eigenvalue weighted by atomic mass is 16.5. The molecule has 2 aliphatic rings. The van der Waals surface area contributed by atoms with Crippen LogP contribution in [0.1, 0.15) is 17.2 Å². The van der Waals surface area contributed by atoms with Crippen LogP contribution in [0, 0.1) is 0 Å². The standard InChI is InChI=1S/C20H25N5O2/c26-19(23-14-18-17-5-2-1-4-16(17)6-13-27-18)15-24-9-11-25(12-10-24)20-21-7-3-8-22-20/h1-5,7-8,18H,6,9-15H2,(H,23,26). The second kappa shape index (κ2) is 8.45. The maximum Gasteiger partial charge on any atom is 0.234 e. The highest BCUT2D eigenvalue weighted by molar-refractivity contribution is 5.78. The number of piperazine rings is 1. The minimum Gasteiger partial charge on any atom is -0.371 e. The molecule has 1 atom stereocenters. The van der Waals surface area contributed by atoms with Crippen LogP contribution in [0.3, 0.4) is 0 Å². The van der Waals surface area contributed by atoms with Gasteiger partial charge in [-0.05, 0) is 23.6 Å². The molecule has 1 saturated heterocycles. The van der Waals surface area contributed by atoms with Crippen molar-refractivity contribution in [1.82, 2.24) is 20.2 Å². The van der Waals surface area contributed by atoms with Crippen molar-refractivity contribution in [3.8, 4) is 0 Å². The Bertz CT molecular complexity index is 762. The maximum atomic E-state index is 12.4. The van der Waals surface area contributed by atoms with Crippen molar-refractivity contribution in [3.05, 3.63) is 53.9 Å². The number of carbonyl (C=O) groups excluding carboxylic acids is 1. The summed E-state index contributed by atoms with van der Waals surface area (Å²) >= 11 is 0. The quantitative estimate of drug-likeness (QED) is 0.851. The Morgan fingerprint density at radius 3 is 2.70 bits per heavy atom. The van der Waals surface area contributed by atoms with Crippen LogP contribution in [0.25, 0.3) is 0 Å². The first-order valence-corrected chi connectivity index (χ1v) is 9.50. The summed E-state index contributed by atoms with van der Waals surface area (Å²) in [4.78, 5) is 25.3. The highest BCUT2D eigenvalue weighted by Crippen LogP contribution is 2.26. The van der Waals surface area contributed by atoms with E-state index >= 15 is 0 Å². The van der Waals surface area contributed by atoms with Gasteiger partial charge in [0.1, 0.15) is 6.10 Å². The van der Waals surface area contributed by atoms with Gasteiger partial charge in [0.2, 0.25) is 11.9 Å². The van der Waals surface area contributed by atoms with Crippen molar-refractivity contribution < 1.29 is 9.53 Å². The van der Waals surface area contributed by atoms with E-state index in [1.807, 2.05) is 12.1 Å². The van der Waals surface area contributed by atoms with Gasteiger partial charge in [0, 0.05) is 45.1 Å². The van der Waals surface area contributed by atoms with Gasteiger partial charge in [-0.1, -0.05) is 24.3 Å². The number of aromatic nitrogens is 2. The number of benzene rings is 1. The Kier molecular flexibility index (Phi) is 5.60. The summed E-state index contributed by atoms with van der Waals surface area (Å²) in [5.74, 6) is 0.806. The molecule has 0 bridgehead atoms. The van der Waals surface area contributed by atoms with Crippen LogP contribution in [0.15, 0.2) is 42.7 Å². The molecule has 1 amide bonds. The van der Waals surface area contributed by atoms with E-state index in [0.717, 1.165) is 38.5 Å². The van der Waals surface area contributed by atoms with Crippen LogP contribution >= 0.6 is 0 Å². The van der Waals surface area contributed by atoms with Crippen molar-refractivity contribution in [2.45, 2.75) is 12.5 Å². The Hall–Kier alpha value is -2.51. The van der Waals surface area contributed by atoms with Crippen LogP contribution in [-0.2, 0) is 16.0 Å². The summed E-state index contributed by atoms with van der Waals surface area (Å²) in [5.41, 5.74) is 2.52. The second-order valence-electron chi connectivity index (χ2n) is 6.92. The molecule has 1 aromatic heterocycles. The Labute approximate surface area is 159 Å². The molecule has 0 saturated carbocycles. The molecule has 0 aliphatic carbocycles. The topological polar surface area (TPSA) is 70.6 Å². The largest absolute Gasteiger partial charge is 0.371 e. The average Bonchev–Trinajstić information content (AvgIpc) is 2.73. The zero-order valence-electron chi connectivity index (χ0n) is 15.4. The summed E-state index contributed by atoms with van der Waals surface area (Å²) < 4.78 is 5.86. The lowest BCUT2D eigenvalue weighted by Crippen LogP contribution is -2.50. The van der Waals surface area contributed by atoms with Crippen LogP contribution in [0.5, 0.6) is 0 Å². The van der Waals surface area contributed by atoms with Crippen molar-refractivity contribution in [3.63, 3.8) is 0 Å². The molecule has 2 aliphatic heterocycles.